The van der Waals surface area contributed by atoms with Crippen molar-refractivity contribution in [1.82, 2.24) is 9.29 Å². The van der Waals surface area contributed by atoms with E-state index in [9.17, 15) is 8.42 Å². The van der Waals surface area contributed by atoms with E-state index < -0.39 is 10.0 Å². The minimum absolute atomic E-state index is 0.138. The molecule has 1 fully saturated rings. The van der Waals surface area contributed by atoms with Crippen LogP contribution in [0.25, 0.3) is 0 Å². The molecule has 118 valence electrons. The predicted molar refractivity (Wildman–Crippen MR) is 84.8 cm³/mol. The molecule has 0 bridgehead atoms. The zero-order chi connectivity index (χ0) is 15.3. The van der Waals surface area contributed by atoms with Crippen LogP contribution in [0, 0.1) is 0 Å². The smallest absolute Gasteiger partial charge is 0.246 e. The van der Waals surface area contributed by atoms with E-state index in [0.717, 1.165) is 38.6 Å². The molecule has 0 amide bonds. The number of aromatic nitrogens is 1. The van der Waals surface area contributed by atoms with Gasteiger partial charge in [-0.3, -0.25) is 0 Å². The first kappa shape index (κ1) is 16.2. The van der Waals surface area contributed by atoms with E-state index in [-0.39, 0.29) is 6.04 Å². The summed E-state index contributed by atoms with van der Waals surface area (Å²) in [6.45, 7) is 5.18. The van der Waals surface area contributed by atoms with Gasteiger partial charge >= 0.3 is 0 Å². The number of rotatable bonds is 7. The van der Waals surface area contributed by atoms with Crippen LogP contribution in [-0.2, 0) is 10.0 Å². The van der Waals surface area contributed by atoms with Crippen LogP contribution in [0.4, 0.5) is 5.82 Å². The van der Waals surface area contributed by atoms with Crippen molar-refractivity contribution in [2.45, 2.75) is 56.9 Å². The molecule has 5 nitrogen and oxygen atoms in total. The number of pyridine rings is 1. The Morgan fingerprint density at radius 2 is 2.05 bits per heavy atom. The van der Waals surface area contributed by atoms with E-state index in [4.69, 9.17) is 0 Å². The van der Waals surface area contributed by atoms with Gasteiger partial charge in [-0.05, 0) is 31.4 Å². The third-order valence-electron chi connectivity index (χ3n) is 3.94. The fourth-order valence-corrected chi connectivity index (χ4v) is 4.73. The van der Waals surface area contributed by atoms with Crippen molar-refractivity contribution in [2.24, 2.45) is 0 Å². The summed E-state index contributed by atoms with van der Waals surface area (Å²) in [6, 6.07) is 3.48. The van der Waals surface area contributed by atoms with Crippen molar-refractivity contribution in [3.8, 4) is 0 Å². The third-order valence-corrected chi connectivity index (χ3v) is 6.00. The lowest BCUT2D eigenvalue weighted by atomic mass is 10.2. The van der Waals surface area contributed by atoms with E-state index in [1.54, 1.807) is 22.6 Å². The van der Waals surface area contributed by atoms with Crippen LogP contribution in [0.3, 0.4) is 0 Å². The summed E-state index contributed by atoms with van der Waals surface area (Å²) in [5.74, 6) is 0.468. The Morgan fingerprint density at radius 3 is 2.67 bits per heavy atom. The van der Waals surface area contributed by atoms with Gasteiger partial charge in [0.05, 0.1) is 0 Å². The van der Waals surface area contributed by atoms with Gasteiger partial charge in [-0.1, -0.05) is 26.7 Å². The average molecular weight is 311 g/mol. The Labute approximate surface area is 127 Å². The molecule has 1 aromatic rings. The second kappa shape index (κ2) is 7.22. The molecule has 1 saturated carbocycles. The normalized spacial score (nSPS) is 16.5. The lowest BCUT2D eigenvalue weighted by Gasteiger charge is -2.27. The molecule has 1 aliphatic carbocycles. The fourth-order valence-electron chi connectivity index (χ4n) is 2.92. The van der Waals surface area contributed by atoms with Crippen LogP contribution < -0.4 is 5.32 Å². The summed E-state index contributed by atoms with van der Waals surface area (Å²) in [4.78, 5) is 4.51. The molecule has 1 heterocycles. The highest BCUT2D eigenvalue weighted by molar-refractivity contribution is 7.89. The molecule has 0 saturated heterocycles. The molecule has 0 aliphatic heterocycles. The summed E-state index contributed by atoms with van der Waals surface area (Å²) in [5, 5.41) is 3.12. The van der Waals surface area contributed by atoms with Crippen molar-refractivity contribution < 1.29 is 8.42 Å². The lowest BCUT2D eigenvalue weighted by molar-refractivity contribution is 0.335. The maximum absolute atomic E-state index is 13.0. The summed E-state index contributed by atoms with van der Waals surface area (Å²) >= 11 is 0. The second-order valence-corrected chi connectivity index (χ2v) is 7.28. The molecule has 1 aliphatic rings. The lowest BCUT2D eigenvalue weighted by Crippen LogP contribution is -2.39. The van der Waals surface area contributed by atoms with Crippen LogP contribution in [-0.4, -0.2) is 36.8 Å². The molecule has 0 unspecified atom stereocenters. The van der Waals surface area contributed by atoms with Crippen LogP contribution in [0.1, 0.15) is 46.0 Å². The monoisotopic (exact) mass is 311 g/mol. The van der Waals surface area contributed by atoms with Crippen molar-refractivity contribution in [3.05, 3.63) is 18.3 Å². The zero-order valence-corrected chi connectivity index (χ0v) is 13.7. The quantitative estimate of drug-likeness (QED) is 0.841. The zero-order valence-electron chi connectivity index (χ0n) is 12.9. The predicted octanol–water partition coefficient (Wildman–Crippen LogP) is 2.86. The molecule has 0 atom stereocenters. The standard InChI is InChI=1S/C15H25N3O2S/c1-3-11-16-15-14(10-7-12-17-15)21(19,20)18(4-2)13-8-5-6-9-13/h7,10,12-13H,3-6,8-9,11H2,1-2H3,(H,16,17). The summed E-state index contributed by atoms with van der Waals surface area (Å²) < 4.78 is 27.6. The molecule has 0 radical (unpaired) electrons. The van der Waals surface area contributed by atoms with Crippen molar-refractivity contribution in [1.29, 1.82) is 0 Å². The largest absolute Gasteiger partial charge is 0.369 e. The van der Waals surface area contributed by atoms with Crippen LogP contribution in [0.15, 0.2) is 23.2 Å². The molecule has 1 N–H and O–H groups in total. The Balaban J connectivity index is 2.33. The van der Waals surface area contributed by atoms with Gasteiger partial charge in [-0.25, -0.2) is 13.4 Å². The van der Waals surface area contributed by atoms with Crippen LogP contribution in [0.5, 0.6) is 0 Å². The van der Waals surface area contributed by atoms with Gasteiger partial charge in [0.1, 0.15) is 10.7 Å². The van der Waals surface area contributed by atoms with E-state index in [0.29, 0.717) is 17.3 Å². The maximum atomic E-state index is 13.0. The summed E-state index contributed by atoms with van der Waals surface area (Å²) in [7, 11) is -3.49. The van der Waals surface area contributed by atoms with Crippen molar-refractivity contribution in [2.75, 3.05) is 18.4 Å². The summed E-state index contributed by atoms with van der Waals surface area (Å²) in [5.41, 5.74) is 0. The first-order chi connectivity index (χ1) is 10.1. The molecular formula is C15H25N3O2S. The van der Waals surface area contributed by atoms with Gasteiger partial charge in [-0.15, -0.1) is 0 Å². The van der Waals surface area contributed by atoms with E-state index in [1.165, 1.54) is 0 Å². The first-order valence-corrected chi connectivity index (χ1v) is 9.26. The summed E-state index contributed by atoms with van der Waals surface area (Å²) in [6.07, 6.45) is 6.71. The Bertz CT molecular complexity index is 554. The molecule has 0 spiro atoms. The van der Waals surface area contributed by atoms with Crippen molar-refractivity contribution >= 4 is 15.8 Å². The van der Waals surface area contributed by atoms with Gasteiger partial charge in [0.2, 0.25) is 10.0 Å². The second-order valence-electron chi connectivity index (χ2n) is 5.42. The minimum atomic E-state index is -3.49. The number of sulfonamides is 1. The number of nitrogens with zero attached hydrogens (tertiary/aromatic N) is 2. The fraction of sp³-hybridized carbons (Fsp3) is 0.667. The van der Waals surface area contributed by atoms with Gasteiger partial charge in [0, 0.05) is 25.3 Å². The van der Waals surface area contributed by atoms with Gasteiger partial charge in [-0.2, -0.15) is 4.31 Å². The number of anilines is 1. The minimum Gasteiger partial charge on any atom is -0.369 e. The van der Waals surface area contributed by atoms with Crippen molar-refractivity contribution in [3.63, 3.8) is 0 Å². The van der Waals surface area contributed by atoms with Gasteiger partial charge < -0.3 is 5.32 Å². The van der Waals surface area contributed by atoms with Gasteiger partial charge in [0.25, 0.3) is 0 Å². The molecule has 2 rings (SSSR count). The third kappa shape index (κ3) is 3.55. The van der Waals surface area contributed by atoms with E-state index in [1.807, 2.05) is 13.8 Å². The SMILES string of the molecule is CCCNc1ncccc1S(=O)(=O)N(CC)C1CCCC1. The molecule has 0 aromatic carbocycles. The van der Waals surface area contributed by atoms with E-state index in [2.05, 4.69) is 10.3 Å². The Morgan fingerprint density at radius 1 is 1.33 bits per heavy atom. The number of hydrogen-bond donors (Lipinski definition) is 1. The average Bonchev–Trinajstić information content (AvgIpc) is 2.99. The maximum Gasteiger partial charge on any atom is 0.246 e. The highest BCUT2D eigenvalue weighted by atomic mass is 32.2. The topological polar surface area (TPSA) is 62.3 Å². The highest BCUT2D eigenvalue weighted by Gasteiger charge is 2.33. The first-order valence-electron chi connectivity index (χ1n) is 7.82. The van der Waals surface area contributed by atoms with Crippen LogP contribution in [0.2, 0.25) is 0 Å². The highest BCUT2D eigenvalue weighted by Crippen LogP contribution is 2.30. The van der Waals surface area contributed by atoms with Gasteiger partial charge in [0.15, 0.2) is 0 Å². The number of nitrogens with one attached hydrogen (secondary N) is 1. The Kier molecular flexibility index (Phi) is 5.58. The van der Waals surface area contributed by atoms with E-state index >= 15 is 0 Å². The molecule has 21 heavy (non-hydrogen) atoms. The molecular weight excluding hydrogens is 286 g/mol. The molecule has 6 heteroatoms. The number of hydrogen-bond acceptors (Lipinski definition) is 4. The van der Waals surface area contributed by atoms with Crippen LogP contribution >= 0.6 is 0 Å². The Hall–Kier alpha value is -1.14. The molecule has 1 aromatic heterocycles.